The van der Waals surface area contributed by atoms with Gasteiger partial charge in [0.05, 0.1) is 29.8 Å². The second-order valence-electron chi connectivity index (χ2n) is 7.13. The van der Waals surface area contributed by atoms with Gasteiger partial charge >= 0.3 is 0 Å². The Hall–Kier alpha value is -3.43. The number of hydrogen-bond donors (Lipinski definition) is 2. The zero-order valence-electron chi connectivity index (χ0n) is 18.9. The summed E-state index contributed by atoms with van der Waals surface area (Å²) < 4.78 is 44.3. The van der Waals surface area contributed by atoms with Gasteiger partial charge < -0.3 is 19.5 Å². The lowest BCUT2D eigenvalue weighted by Crippen LogP contribution is -2.32. The number of carbonyl (C=O) groups is 1. The lowest BCUT2D eigenvalue weighted by molar-refractivity contribution is -0.122. The second kappa shape index (κ2) is 11.1. The Morgan fingerprint density at radius 1 is 0.971 bits per heavy atom. The fourth-order valence-electron chi connectivity index (χ4n) is 3.05. The molecule has 0 aliphatic carbocycles. The van der Waals surface area contributed by atoms with E-state index in [1.165, 1.54) is 44.6 Å². The molecule has 0 fully saturated rings. The van der Waals surface area contributed by atoms with E-state index in [4.69, 9.17) is 25.8 Å². The summed E-state index contributed by atoms with van der Waals surface area (Å²) in [6.45, 7) is 1.81. The summed E-state index contributed by atoms with van der Waals surface area (Å²) >= 11 is 6.11. The molecular formula is C24H25ClN2O6S. The highest BCUT2D eigenvalue weighted by molar-refractivity contribution is 7.92. The fourth-order valence-corrected chi connectivity index (χ4v) is 4.30. The quantitative estimate of drug-likeness (QED) is 0.405. The first kappa shape index (κ1) is 25.2. The molecule has 0 aliphatic rings. The number of halogens is 1. The minimum absolute atomic E-state index is 0.00901. The first-order valence-corrected chi connectivity index (χ1v) is 12.2. The van der Waals surface area contributed by atoms with Gasteiger partial charge in [-0.2, -0.15) is 0 Å². The van der Waals surface area contributed by atoms with Gasteiger partial charge in [0.15, 0.2) is 6.10 Å². The lowest BCUT2D eigenvalue weighted by Gasteiger charge is -2.18. The van der Waals surface area contributed by atoms with E-state index >= 15 is 0 Å². The van der Waals surface area contributed by atoms with Crippen LogP contribution >= 0.6 is 11.6 Å². The Morgan fingerprint density at radius 3 is 2.29 bits per heavy atom. The number of carbonyl (C=O) groups excluding carboxylic acids is 1. The maximum Gasteiger partial charge on any atom is 0.265 e. The van der Waals surface area contributed by atoms with Crippen LogP contribution in [0, 0.1) is 0 Å². The summed E-state index contributed by atoms with van der Waals surface area (Å²) in [7, 11) is -0.998. The summed E-state index contributed by atoms with van der Waals surface area (Å²) in [5.74, 6) is 0.849. The van der Waals surface area contributed by atoms with Crippen LogP contribution in [0.1, 0.15) is 13.3 Å². The number of methoxy groups -OCH3 is 2. The number of hydrogen-bond acceptors (Lipinski definition) is 6. The first-order valence-electron chi connectivity index (χ1n) is 10.3. The lowest BCUT2D eigenvalue weighted by atomic mass is 10.2. The van der Waals surface area contributed by atoms with Gasteiger partial charge in [-0.3, -0.25) is 9.52 Å². The second-order valence-corrected chi connectivity index (χ2v) is 9.22. The molecule has 1 atom stereocenters. The van der Waals surface area contributed by atoms with Crippen molar-refractivity contribution < 1.29 is 27.4 Å². The van der Waals surface area contributed by atoms with Crippen molar-refractivity contribution in [3.63, 3.8) is 0 Å². The Labute approximate surface area is 203 Å². The zero-order chi connectivity index (χ0) is 24.7. The van der Waals surface area contributed by atoms with Crippen LogP contribution in [-0.4, -0.2) is 34.6 Å². The molecule has 0 saturated carbocycles. The Bertz CT molecular complexity index is 1250. The van der Waals surface area contributed by atoms with Crippen LogP contribution in [0.3, 0.4) is 0 Å². The van der Waals surface area contributed by atoms with Crippen molar-refractivity contribution >= 4 is 38.9 Å². The predicted molar refractivity (Wildman–Crippen MR) is 132 cm³/mol. The van der Waals surface area contributed by atoms with Gasteiger partial charge in [-0.25, -0.2) is 8.42 Å². The number of sulfonamides is 1. The van der Waals surface area contributed by atoms with E-state index < -0.39 is 16.1 Å². The van der Waals surface area contributed by atoms with E-state index in [9.17, 15) is 13.2 Å². The Morgan fingerprint density at radius 2 is 1.68 bits per heavy atom. The summed E-state index contributed by atoms with van der Waals surface area (Å²) in [5.41, 5.74) is 0.658. The van der Waals surface area contributed by atoms with E-state index in [1.807, 2.05) is 6.92 Å². The Kier molecular flexibility index (Phi) is 8.25. The molecule has 8 nitrogen and oxygen atoms in total. The van der Waals surface area contributed by atoms with Crippen molar-refractivity contribution in [3.05, 3.63) is 71.8 Å². The molecule has 0 saturated heterocycles. The predicted octanol–water partition coefficient (Wildman–Crippen LogP) is 4.95. The van der Waals surface area contributed by atoms with Gasteiger partial charge in [0.2, 0.25) is 0 Å². The number of ether oxygens (including phenoxy) is 3. The molecule has 2 N–H and O–H groups in total. The van der Waals surface area contributed by atoms with Gasteiger partial charge in [-0.1, -0.05) is 30.7 Å². The summed E-state index contributed by atoms with van der Waals surface area (Å²) in [6, 6.07) is 17.4. The molecule has 34 heavy (non-hydrogen) atoms. The van der Waals surface area contributed by atoms with Crippen LogP contribution in [0.5, 0.6) is 17.2 Å². The van der Waals surface area contributed by atoms with Crippen molar-refractivity contribution in [2.45, 2.75) is 24.3 Å². The number of anilines is 2. The standard InChI is InChI=1S/C24H25ClN2O6S/c1-4-21(33-22-8-6-5-7-19(22)25)24(28)26-16-9-12-18(13-10-16)34(29,30)27-20-15-17(31-2)11-14-23(20)32-3/h5-15,21,27H,4H2,1-3H3,(H,26,28)/t21-/m1/s1. The van der Waals surface area contributed by atoms with Gasteiger partial charge in [-0.15, -0.1) is 0 Å². The van der Waals surface area contributed by atoms with Gasteiger partial charge in [0.1, 0.15) is 17.2 Å². The van der Waals surface area contributed by atoms with Gasteiger partial charge in [0.25, 0.3) is 15.9 Å². The first-order chi connectivity index (χ1) is 16.3. The van der Waals surface area contributed by atoms with Crippen molar-refractivity contribution in [2.75, 3.05) is 24.3 Å². The SMILES string of the molecule is CC[C@@H](Oc1ccccc1Cl)C(=O)Nc1ccc(S(=O)(=O)Nc2cc(OC)ccc2OC)cc1. The number of benzene rings is 3. The highest BCUT2D eigenvalue weighted by atomic mass is 35.5. The molecule has 180 valence electrons. The molecule has 10 heteroatoms. The van der Waals surface area contributed by atoms with Crippen LogP contribution < -0.4 is 24.2 Å². The third-order valence-corrected chi connectivity index (χ3v) is 6.55. The van der Waals surface area contributed by atoms with E-state index in [-0.39, 0.29) is 16.5 Å². The van der Waals surface area contributed by atoms with E-state index in [0.717, 1.165) is 0 Å². The normalized spacial score (nSPS) is 11.9. The zero-order valence-corrected chi connectivity index (χ0v) is 20.4. The van der Waals surface area contributed by atoms with E-state index in [0.29, 0.717) is 34.4 Å². The van der Waals surface area contributed by atoms with Crippen LogP contribution in [-0.2, 0) is 14.8 Å². The average molecular weight is 505 g/mol. The van der Waals surface area contributed by atoms with Crippen LogP contribution in [0.25, 0.3) is 0 Å². The molecule has 3 rings (SSSR count). The van der Waals surface area contributed by atoms with Crippen molar-refractivity contribution in [1.29, 1.82) is 0 Å². The molecule has 1 amide bonds. The number of rotatable bonds is 10. The monoisotopic (exact) mass is 504 g/mol. The van der Waals surface area contributed by atoms with Crippen molar-refractivity contribution in [1.82, 2.24) is 0 Å². The summed E-state index contributed by atoms with van der Waals surface area (Å²) in [4.78, 5) is 12.7. The minimum atomic E-state index is -3.92. The van der Waals surface area contributed by atoms with E-state index in [1.54, 1.807) is 36.4 Å². The summed E-state index contributed by atoms with van der Waals surface area (Å²) in [6.07, 6.45) is -0.360. The minimum Gasteiger partial charge on any atom is -0.497 e. The molecule has 0 radical (unpaired) electrons. The van der Waals surface area contributed by atoms with Crippen molar-refractivity contribution in [3.8, 4) is 17.2 Å². The molecule has 0 heterocycles. The molecule has 0 aliphatic heterocycles. The molecule has 3 aromatic carbocycles. The maximum atomic E-state index is 12.9. The van der Waals surface area contributed by atoms with Crippen LogP contribution in [0.4, 0.5) is 11.4 Å². The van der Waals surface area contributed by atoms with Crippen molar-refractivity contribution in [2.24, 2.45) is 0 Å². The molecule has 0 unspecified atom stereocenters. The highest BCUT2D eigenvalue weighted by Gasteiger charge is 2.21. The van der Waals surface area contributed by atoms with E-state index in [2.05, 4.69) is 10.0 Å². The fraction of sp³-hybridized carbons (Fsp3) is 0.208. The molecule has 3 aromatic rings. The highest BCUT2D eigenvalue weighted by Crippen LogP contribution is 2.31. The molecular weight excluding hydrogens is 480 g/mol. The third kappa shape index (κ3) is 6.12. The van der Waals surface area contributed by atoms with Crippen LogP contribution in [0.2, 0.25) is 5.02 Å². The maximum absolute atomic E-state index is 12.9. The van der Waals surface area contributed by atoms with Crippen LogP contribution in [0.15, 0.2) is 71.6 Å². The number of nitrogens with one attached hydrogen (secondary N) is 2. The number of amides is 1. The van der Waals surface area contributed by atoms with Gasteiger partial charge in [0, 0.05) is 11.8 Å². The Balaban J connectivity index is 1.71. The molecule has 0 bridgehead atoms. The molecule has 0 spiro atoms. The third-order valence-electron chi connectivity index (χ3n) is 4.85. The topological polar surface area (TPSA) is 103 Å². The smallest absolute Gasteiger partial charge is 0.265 e. The van der Waals surface area contributed by atoms with Gasteiger partial charge in [-0.05, 0) is 55.0 Å². The molecule has 0 aromatic heterocycles. The summed E-state index contributed by atoms with van der Waals surface area (Å²) in [5, 5.41) is 3.14. The average Bonchev–Trinajstić information content (AvgIpc) is 2.83. The number of para-hydroxylation sites is 1. The largest absolute Gasteiger partial charge is 0.497 e.